The molecule has 1 N–H and O–H groups in total. The summed E-state index contributed by atoms with van der Waals surface area (Å²) in [5, 5.41) is 10.7. The van der Waals surface area contributed by atoms with Gasteiger partial charge < -0.3 is 14.3 Å². The minimum absolute atomic E-state index is 0.349. The van der Waals surface area contributed by atoms with Gasteiger partial charge >= 0.3 is 0 Å². The second-order valence-electron chi connectivity index (χ2n) is 3.53. The molecule has 1 rings (SSSR count). The smallest absolute Gasteiger partial charge is 0.250 e. The lowest BCUT2D eigenvalue weighted by Gasteiger charge is -2.15. The Kier molecular flexibility index (Phi) is 6.14. The predicted octanol–water partition coefficient (Wildman–Crippen LogP) is 1.66. The summed E-state index contributed by atoms with van der Waals surface area (Å²) in [7, 11) is 0.557. The Labute approximate surface area is 98.7 Å². The first-order valence-corrected chi connectivity index (χ1v) is 7.17. The lowest BCUT2D eigenvalue weighted by molar-refractivity contribution is 0.146. The van der Waals surface area contributed by atoms with Crippen molar-refractivity contribution in [2.24, 2.45) is 0 Å². The fourth-order valence-electron chi connectivity index (χ4n) is 1.47. The zero-order valence-corrected chi connectivity index (χ0v) is 10.9. The van der Waals surface area contributed by atoms with Crippen LogP contribution >= 0.6 is 0 Å². The van der Waals surface area contributed by atoms with E-state index in [4.69, 9.17) is 9.16 Å². The normalized spacial score (nSPS) is 10.9. The molecule has 0 atom stereocenters. The van der Waals surface area contributed by atoms with E-state index < -0.39 is 9.04 Å². The Morgan fingerprint density at radius 2 is 2.00 bits per heavy atom. The van der Waals surface area contributed by atoms with Crippen LogP contribution in [0.4, 0.5) is 0 Å². The van der Waals surface area contributed by atoms with Crippen molar-refractivity contribution in [2.45, 2.75) is 19.4 Å². The van der Waals surface area contributed by atoms with Crippen LogP contribution in [0.15, 0.2) is 24.3 Å². The summed E-state index contributed by atoms with van der Waals surface area (Å²) in [4.78, 5) is 0. The highest BCUT2D eigenvalue weighted by Gasteiger charge is 2.18. The van der Waals surface area contributed by atoms with E-state index in [0.29, 0.717) is 19.0 Å². The number of para-hydroxylation sites is 1. The van der Waals surface area contributed by atoms with Crippen molar-refractivity contribution >= 4 is 14.2 Å². The van der Waals surface area contributed by atoms with Crippen molar-refractivity contribution in [3.8, 4) is 5.75 Å². The molecule has 0 aliphatic rings. The molecule has 89 valence electrons. The first-order valence-electron chi connectivity index (χ1n) is 5.55. The van der Waals surface area contributed by atoms with Gasteiger partial charge in [-0.25, -0.2) is 0 Å². The molecule has 0 saturated heterocycles. The van der Waals surface area contributed by atoms with E-state index in [1.165, 1.54) is 0 Å². The Bertz CT molecular complexity index is 304. The van der Waals surface area contributed by atoms with Gasteiger partial charge in [-0.05, 0) is 12.1 Å². The number of hydrogen-bond acceptors (Lipinski definition) is 3. The number of phenols is 1. The Morgan fingerprint density at radius 3 is 2.62 bits per heavy atom. The number of hydrogen-bond donors (Lipinski definition) is 1. The van der Waals surface area contributed by atoms with Gasteiger partial charge in [0.15, 0.2) is 0 Å². The first-order chi connectivity index (χ1) is 7.79. The highest BCUT2D eigenvalue weighted by Crippen LogP contribution is 2.09. The van der Waals surface area contributed by atoms with Crippen LogP contribution in [0.2, 0.25) is 6.04 Å². The molecule has 0 aliphatic heterocycles. The molecule has 16 heavy (non-hydrogen) atoms. The standard InChI is InChI=1S/C12H19O3Si/c1-3-10-16(15-9-8-14-2)12-7-5-4-6-11(12)13/h4-7,13H,3,8-10H2,1-2H3. The average Bonchev–Trinajstić information content (AvgIpc) is 2.29. The van der Waals surface area contributed by atoms with Gasteiger partial charge in [0.05, 0.1) is 13.2 Å². The molecular weight excluding hydrogens is 220 g/mol. The second-order valence-corrected chi connectivity index (χ2v) is 5.71. The largest absolute Gasteiger partial charge is 0.508 e. The summed E-state index contributed by atoms with van der Waals surface area (Å²) in [5.41, 5.74) is 0. The van der Waals surface area contributed by atoms with E-state index in [2.05, 4.69) is 6.92 Å². The Hall–Kier alpha value is -0.843. The molecule has 1 aromatic carbocycles. The maximum atomic E-state index is 9.78. The Morgan fingerprint density at radius 1 is 1.25 bits per heavy atom. The number of benzene rings is 1. The van der Waals surface area contributed by atoms with Crippen molar-refractivity contribution < 1.29 is 14.3 Å². The molecular formula is C12H19O3Si. The SMILES string of the molecule is CCC[Si](OCCOC)c1ccccc1O. The first kappa shape index (κ1) is 13.2. The van der Waals surface area contributed by atoms with Crippen LogP contribution < -0.4 is 5.19 Å². The van der Waals surface area contributed by atoms with Gasteiger partial charge in [0.25, 0.3) is 9.04 Å². The predicted molar refractivity (Wildman–Crippen MR) is 66.4 cm³/mol. The molecule has 0 fully saturated rings. The molecule has 4 heteroatoms. The summed E-state index contributed by atoms with van der Waals surface area (Å²) in [6.07, 6.45) is 1.07. The summed E-state index contributed by atoms with van der Waals surface area (Å²) in [5.74, 6) is 0.349. The molecule has 0 amide bonds. The maximum Gasteiger partial charge on any atom is 0.250 e. The van der Waals surface area contributed by atoms with Crippen molar-refractivity contribution in [1.29, 1.82) is 0 Å². The third kappa shape index (κ3) is 3.96. The van der Waals surface area contributed by atoms with Crippen molar-refractivity contribution in [3.63, 3.8) is 0 Å². The highest BCUT2D eigenvalue weighted by atomic mass is 28.3. The van der Waals surface area contributed by atoms with E-state index in [1.54, 1.807) is 13.2 Å². The van der Waals surface area contributed by atoms with Gasteiger partial charge in [-0.15, -0.1) is 0 Å². The quantitative estimate of drug-likeness (QED) is 0.581. The van der Waals surface area contributed by atoms with Gasteiger partial charge in [0.2, 0.25) is 0 Å². The van der Waals surface area contributed by atoms with Crippen molar-refractivity contribution in [1.82, 2.24) is 0 Å². The van der Waals surface area contributed by atoms with Crippen LogP contribution in [-0.4, -0.2) is 34.5 Å². The van der Waals surface area contributed by atoms with Crippen LogP contribution in [0.1, 0.15) is 13.3 Å². The molecule has 0 spiro atoms. The molecule has 1 aromatic rings. The van der Waals surface area contributed by atoms with Crippen LogP contribution in [0.5, 0.6) is 5.75 Å². The van der Waals surface area contributed by atoms with Gasteiger partial charge in [0.1, 0.15) is 5.75 Å². The minimum atomic E-state index is -1.11. The number of methoxy groups -OCH3 is 1. The summed E-state index contributed by atoms with van der Waals surface area (Å²) in [6, 6.07) is 8.45. The summed E-state index contributed by atoms with van der Waals surface area (Å²) < 4.78 is 10.8. The molecule has 0 saturated carbocycles. The van der Waals surface area contributed by atoms with Crippen molar-refractivity contribution in [2.75, 3.05) is 20.3 Å². The summed E-state index contributed by atoms with van der Waals surface area (Å²) >= 11 is 0. The third-order valence-electron chi connectivity index (χ3n) is 2.25. The van der Waals surface area contributed by atoms with E-state index >= 15 is 0 Å². The zero-order valence-electron chi connectivity index (χ0n) is 9.90. The zero-order chi connectivity index (χ0) is 11.8. The third-order valence-corrected chi connectivity index (χ3v) is 4.78. The number of rotatable bonds is 7. The lowest BCUT2D eigenvalue weighted by Crippen LogP contribution is -2.34. The minimum Gasteiger partial charge on any atom is -0.508 e. The van der Waals surface area contributed by atoms with E-state index in [0.717, 1.165) is 17.7 Å². The van der Waals surface area contributed by atoms with Crippen LogP contribution in [0, 0.1) is 0 Å². The monoisotopic (exact) mass is 239 g/mol. The van der Waals surface area contributed by atoms with Gasteiger partial charge in [-0.1, -0.05) is 31.5 Å². The molecule has 3 nitrogen and oxygen atoms in total. The lowest BCUT2D eigenvalue weighted by atomic mass is 10.3. The molecule has 0 aromatic heterocycles. The fraction of sp³-hybridized carbons (Fsp3) is 0.500. The molecule has 1 radical (unpaired) electrons. The molecule has 0 heterocycles. The van der Waals surface area contributed by atoms with Gasteiger partial charge in [-0.2, -0.15) is 0 Å². The highest BCUT2D eigenvalue weighted by molar-refractivity contribution is 6.68. The van der Waals surface area contributed by atoms with Crippen LogP contribution in [0.3, 0.4) is 0 Å². The van der Waals surface area contributed by atoms with Gasteiger partial charge in [0, 0.05) is 12.3 Å². The topological polar surface area (TPSA) is 38.7 Å². The number of ether oxygens (including phenoxy) is 1. The van der Waals surface area contributed by atoms with E-state index in [1.807, 2.05) is 18.2 Å². The maximum absolute atomic E-state index is 9.78. The summed E-state index contributed by atoms with van der Waals surface area (Å²) in [6.45, 7) is 3.33. The van der Waals surface area contributed by atoms with E-state index in [9.17, 15) is 5.11 Å². The molecule has 0 aliphatic carbocycles. The van der Waals surface area contributed by atoms with E-state index in [-0.39, 0.29) is 0 Å². The van der Waals surface area contributed by atoms with Crippen molar-refractivity contribution in [3.05, 3.63) is 24.3 Å². The number of aromatic hydroxyl groups is 1. The second kappa shape index (κ2) is 7.43. The van der Waals surface area contributed by atoms with Crippen LogP contribution in [-0.2, 0) is 9.16 Å². The Balaban J connectivity index is 2.65. The fourth-order valence-corrected chi connectivity index (χ4v) is 3.47. The average molecular weight is 239 g/mol. The number of phenolic OH excluding ortho intramolecular Hbond substituents is 1. The van der Waals surface area contributed by atoms with Gasteiger partial charge in [-0.3, -0.25) is 0 Å². The van der Waals surface area contributed by atoms with Crippen LogP contribution in [0.25, 0.3) is 0 Å². The molecule has 0 bridgehead atoms. The molecule has 0 unspecified atom stereocenters.